The molecule has 0 atom stereocenters. The summed E-state index contributed by atoms with van der Waals surface area (Å²) in [6, 6.07) is 3.96. The fraction of sp³-hybridized carbons (Fsp3) is 0.182. The number of hydrogen-bond donors (Lipinski definition) is 1. The van der Waals surface area contributed by atoms with Gasteiger partial charge in [-0.1, -0.05) is 12.1 Å². The highest BCUT2D eigenvalue weighted by molar-refractivity contribution is 7.71. The number of nitrogens with one attached hydrogen (secondary N) is 1. The zero-order valence-electron chi connectivity index (χ0n) is 10.4. The fourth-order valence-corrected chi connectivity index (χ4v) is 1.68. The lowest BCUT2D eigenvalue weighted by atomic mass is 10.1. The molecule has 0 spiro atoms. The number of rotatable bonds is 2. The van der Waals surface area contributed by atoms with Crippen LogP contribution >= 0.6 is 12.2 Å². The Morgan fingerprint density at radius 2 is 1.82 bits per heavy atom. The van der Waals surface area contributed by atoms with E-state index in [2.05, 4.69) is 22.4 Å². The van der Waals surface area contributed by atoms with E-state index in [1.54, 1.807) is 0 Å². The van der Waals surface area contributed by atoms with Gasteiger partial charge in [0.1, 0.15) is 0 Å². The van der Waals surface area contributed by atoms with Gasteiger partial charge in [-0.2, -0.15) is 36.1 Å². The lowest BCUT2D eigenvalue weighted by Gasteiger charge is -2.07. The molecule has 0 bridgehead atoms. The van der Waals surface area contributed by atoms with Gasteiger partial charge in [-0.05, 0) is 29.9 Å². The van der Waals surface area contributed by atoms with Gasteiger partial charge < -0.3 is 0 Å². The maximum absolute atomic E-state index is 12.6. The number of aromatic amines is 1. The van der Waals surface area contributed by atoms with Crippen molar-refractivity contribution < 1.29 is 26.3 Å². The van der Waals surface area contributed by atoms with Gasteiger partial charge in [-0.3, -0.25) is 0 Å². The third-order valence-electron chi connectivity index (χ3n) is 2.44. The number of nitrogens with zero attached hydrogens (tertiary/aromatic N) is 3. The van der Waals surface area contributed by atoms with Crippen LogP contribution in [0.4, 0.5) is 26.3 Å². The molecule has 2 aromatic rings. The predicted octanol–water partition coefficient (Wildman–Crippen LogP) is 3.86. The van der Waals surface area contributed by atoms with Crippen LogP contribution in [0.1, 0.15) is 17.0 Å². The Kier molecular flexibility index (Phi) is 4.09. The average Bonchev–Trinajstić information content (AvgIpc) is 2.77. The van der Waals surface area contributed by atoms with Gasteiger partial charge in [-0.25, -0.2) is 5.10 Å². The number of benzene rings is 1. The van der Waals surface area contributed by atoms with E-state index in [9.17, 15) is 26.3 Å². The lowest BCUT2D eigenvalue weighted by molar-refractivity contribution is -0.147. The first-order valence-corrected chi connectivity index (χ1v) is 5.96. The van der Waals surface area contributed by atoms with Crippen LogP contribution in [0.3, 0.4) is 0 Å². The zero-order valence-corrected chi connectivity index (χ0v) is 11.2. The number of hydrogen-bond acceptors (Lipinski definition) is 3. The lowest BCUT2D eigenvalue weighted by Crippen LogP contribution is -2.13. The van der Waals surface area contributed by atoms with Crippen molar-refractivity contribution in [2.45, 2.75) is 12.4 Å². The van der Waals surface area contributed by atoms with Crippen molar-refractivity contribution in [2.24, 2.45) is 5.10 Å². The summed E-state index contributed by atoms with van der Waals surface area (Å²) in [6.45, 7) is 0. The third kappa shape index (κ3) is 3.53. The van der Waals surface area contributed by atoms with Gasteiger partial charge in [0.05, 0.1) is 11.8 Å². The maximum Gasteiger partial charge on any atom is 0.453 e. The normalized spacial score (nSPS) is 13.0. The summed E-state index contributed by atoms with van der Waals surface area (Å²) in [6.07, 6.45) is -8.54. The van der Waals surface area contributed by atoms with Crippen molar-refractivity contribution in [1.29, 1.82) is 0 Å². The molecular weight excluding hydrogens is 334 g/mol. The summed E-state index contributed by atoms with van der Waals surface area (Å²) in [7, 11) is 0. The molecule has 11 heteroatoms. The van der Waals surface area contributed by atoms with Crippen LogP contribution < -0.4 is 0 Å². The van der Waals surface area contributed by atoms with E-state index >= 15 is 0 Å². The van der Waals surface area contributed by atoms with E-state index in [0.717, 1.165) is 24.4 Å². The first kappa shape index (κ1) is 16.2. The molecule has 1 heterocycles. The minimum absolute atomic E-state index is 0.0361. The molecular formula is C11H6F6N4S. The van der Waals surface area contributed by atoms with Crippen molar-refractivity contribution in [3.8, 4) is 0 Å². The van der Waals surface area contributed by atoms with E-state index in [1.165, 1.54) is 6.07 Å². The van der Waals surface area contributed by atoms with Crippen LogP contribution in [0.15, 0.2) is 29.4 Å². The molecule has 0 saturated heterocycles. The molecule has 22 heavy (non-hydrogen) atoms. The molecule has 1 aromatic carbocycles. The fourth-order valence-electron chi connectivity index (χ4n) is 1.50. The summed E-state index contributed by atoms with van der Waals surface area (Å²) < 4.78 is 75.4. The highest BCUT2D eigenvalue weighted by Gasteiger charge is 2.37. The van der Waals surface area contributed by atoms with Crippen LogP contribution in [-0.4, -0.2) is 21.1 Å². The molecule has 0 aliphatic heterocycles. The highest BCUT2D eigenvalue weighted by Crippen LogP contribution is 2.29. The molecule has 0 aliphatic carbocycles. The van der Waals surface area contributed by atoms with Crippen molar-refractivity contribution in [3.63, 3.8) is 0 Å². The van der Waals surface area contributed by atoms with E-state index in [4.69, 9.17) is 0 Å². The second-order valence-corrected chi connectivity index (χ2v) is 4.42. The molecule has 4 nitrogen and oxygen atoms in total. The highest BCUT2D eigenvalue weighted by atomic mass is 32.1. The Bertz CT molecular complexity index is 755. The van der Waals surface area contributed by atoms with E-state index in [0.29, 0.717) is 0 Å². The van der Waals surface area contributed by atoms with E-state index < -0.39 is 28.5 Å². The van der Waals surface area contributed by atoms with Gasteiger partial charge in [0.2, 0.25) is 4.77 Å². The molecule has 0 unspecified atom stereocenters. The smallest absolute Gasteiger partial charge is 0.250 e. The van der Waals surface area contributed by atoms with Crippen LogP contribution in [0, 0.1) is 4.77 Å². The molecule has 118 valence electrons. The summed E-state index contributed by atoms with van der Waals surface area (Å²) >= 11 is 4.59. The predicted molar refractivity (Wildman–Crippen MR) is 66.8 cm³/mol. The maximum atomic E-state index is 12.6. The summed E-state index contributed by atoms with van der Waals surface area (Å²) in [5.74, 6) is -1.40. The van der Waals surface area contributed by atoms with Crippen molar-refractivity contribution >= 4 is 18.4 Å². The Balaban J connectivity index is 2.38. The minimum Gasteiger partial charge on any atom is -0.250 e. The second kappa shape index (κ2) is 5.55. The third-order valence-corrected chi connectivity index (χ3v) is 2.70. The molecule has 0 fully saturated rings. The summed E-state index contributed by atoms with van der Waals surface area (Å²) in [4.78, 5) is 0. The number of H-pyrrole nitrogens is 1. The average molecular weight is 340 g/mol. The number of halogens is 6. The van der Waals surface area contributed by atoms with E-state index in [-0.39, 0.29) is 10.2 Å². The van der Waals surface area contributed by atoms with Crippen LogP contribution in [0.2, 0.25) is 0 Å². The molecule has 0 aliphatic rings. The van der Waals surface area contributed by atoms with Crippen molar-refractivity contribution in [2.75, 3.05) is 0 Å². The largest absolute Gasteiger partial charge is 0.453 e. The van der Waals surface area contributed by atoms with Gasteiger partial charge in [0.25, 0.3) is 5.82 Å². The van der Waals surface area contributed by atoms with Crippen molar-refractivity contribution in [3.05, 3.63) is 46.0 Å². The SMILES string of the molecule is FC(F)(F)c1cccc(/C=N\n2c(C(F)(F)F)n[nH]c2=S)c1. The summed E-state index contributed by atoms with van der Waals surface area (Å²) in [5.41, 5.74) is -0.977. The standard InChI is InChI=1S/C11H6F6N4S/c12-10(13,14)7-3-1-2-6(4-7)5-18-21-8(11(15,16)17)19-20-9(21)22/h1-5H,(H,20,22)/b18-5-. The first-order valence-electron chi connectivity index (χ1n) is 5.55. The second-order valence-electron chi connectivity index (χ2n) is 4.03. The number of alkyl halides is 6. The first-order chi connectivity index (χ1) is 10.1. The molecule has 0 amide bonds. The van der Waals surface area contributed by atoms with Crippen LogP contribution in [0.25, 0.3) is 0 Å². The topological polar surface area (TPSA) is 46.0 Å². The molecule has 1 aromatic heterocycles. The molecule has 0 radical (unpaired) electrons. The van der Waals surface area contributed by atoms with E-state index in [1.807, 2.05) is 5.10 Å². The molecule has 0 saturated carbocycles. The van der Waals surface area contributed by atoms with Gasteiger partial charge in [0, 0.05) is 0 Å². The Morgan fingerprint density at radius 3 is 2.41 bits per heavy atom. The Morgan fingerprint density at radius 1 is 1.14 bits per heavy atom. The summed E-state index contributed by atoms with van der Waals surface area (Å²) in [5, 5.41) is 8.33. The monoisotopic (exact) mass is 340 g/mol. The van der Waals surface area contributed by atoms with Gasteiger partial charge >= 0.3 is 12.4 Å². The van der Waals surface area contributed by atoms with Gasteiger partial charge in [0.15, 0.2) is 0 Å². The Hall–Kier alpha value is -2.17. The molecule has 2 rings (SSSR count). The number of aromatic nitrogens is 3. The van der Waals surface area contributed by atoms with Gasteiger partial charge in [-0.15, -0.1) is 5.10 Å². The van der Waals surface area contributed by atoms with Crippen LogP contribution in [-0.2, 0) is 12.4 Å². The van der Waals surface area contributed by atoms with Crippen LogP contribution in [0.5, 0.6) is 0 Å². The molecule has 1 N–H and O–H groups in total. The Labute approximate surface area is 124 Å². The minimum atomic E-state index is -4.81. The van der Waals surface area contributed by atoms with Crippen molar-refractivity contribution in [1.82, 2.24) is 14.9 Å². The quantitative estimate of drug-likeness (QED) is 0.513. The zero-order chi connectivity index (χ0) is 16.5.